The standard InChI is InChI=1S/C13H18N2O3/c14-8-13(5-1-2-6-13)15-12(18)9-3-4-10(16)11(17)7-9/h3-4,7,16-17H,1-2,5-6,8,14H2,(H,15,18). The fourth-order valence-corrected chi connectivity index (χ4v) is 2.41. The summed E-state index contributed by atoms with van der Waals surface area (Å²) in [7, 11) is 0. The molecule has 5 nitrogen and oxygen atoms in total. The third kappa shape index (κ3) is 2.41. The van der Waals surface area contributed by atoms with E-state index in [1.807, 2.05) is 0 Å². The number of aromatic hydroxyl groups is 2. The predicted octanol–water partition coefficient (Wildman–Crippen LogP) is 1.10. The minimum absolute atomic E-state index is 0.235. The zero-order valence-corrected chi connectivity index (χ0v) is 10.1. The van der Waals surface area contributed by atoms with E-state index < -0.39 is 0 Å². The van der Waals surface area contributed by atoms with Crippen LogP contribution in [-0.2, 0) is 0 Å². The molecule has 1 aliphatic carbocycles. The van der Waals surface area contributed by atoms with Gasteiger partial charge >= 0.3 is 0 Å². The number of carbonyl (C=O) groups is 1. The van der Waals surface area contributed by atoms with Gasteiger partial charge in [-0.2, -0.15) is 0 Å². The third-order valence-corrected chi connectivity index (χ3v) is 3.57. The normalized spacial score (nSPS) is 17.6. The van der Waals surface area contributed by atoms with E-state index in [1.165, 1.54) is 18.2 Å². The van der Waals surface area contributed by atoms with E-state index in [4.69, 9.17) is 5.73 Å². The highest BCUT2D eigenvalue weighted by molar-refractivity contribution is 5.95. The van der Waals surface area contributed by atoms with Crippen molar-refractivity contribution in [2.45, 2.75) is 31.2 Å². The summed E-state index contributed by atoms with van der Waals surface area (Å²) in [5.41, 5.74) is 5.75. The number of rotatable bonds is 3. The van der Waals surface area contributed by atoms with Crippen molar-refractivity contribution in [1.82, 2.24) is 5.32 Å². The second-order valence-corrected chi connectivity index (χ2v) is 4.85. The molecule has 1 aliphatic rings. The number of carbonyl (C=O) groups excluding carboxylic acids is 1. The van der Waals surface area contributed by atoms with Gasteiger partial charge in [0.15, 0.2) is 11.5 Å². The average Bonchev–Trinajstić information content (AvgIpc) is 2.82. The number of nitrogens with two attached hydrogens (primary N) is 1. The Kier molecular flexibility index (Phi) is 3.43. The van der Waals surface area contributed by atoms with Gasteiger partial charge in [0, 0.05) is 12.1 Å². The van der Waals surface area contributed by atoms with Crippen LogP contribution in [0.4, 0.5) is 0 Å². The molecule has 1 fully saturated rings. The Balaban J connectivity index is 2.13. The number of benzene rings is 1. The molecular weight excluding hydrogens is 232 g/mol. The van der Waals surface area contributed by atoms with Crippen molar-refractivity contribution in [3.63, 3.8) is 0 Å². The van der Waals surface area contributed by atoms with Crippen molar-refractivity contribution in [2.75, 3.05) is 6.54 Å². The van der Waals surface area contributed by atoms with Crippen molar-refractivity contribution in [3.8, 4) is 11.5 Å². The molecule has 0 aromatic heterocycles. The monoisotopic (exact) mass is 250 g/mol. The van der Waals surface area contributed by atoms with Gasteiger partial charge in [-0.3, -0.25) is 4.79 Å². The Morgan fingerprint density at radius 2 is 1.94 bits per heavy atom. The molecule has 1 aromatic carbocycles. The maximum absolute atomic E-state index is 12.1. The van der Waals surface area contributed by atoms with Gasteiger partial charge in [-0.15, -0.1) is 0 Å². The van der Waals surface area contributed by atoms with E-state index in [9.17, 15) is 15.0 Å². The highest BCUT2D eigenvalue weighted by Gasteiger charge is 2.34. The number of phenols is 2. The molecule has 0 radical (unpaired) electrons. The Hall–Kier alpha value is -1.75. The van der Waals surface area contributed by atoms with Gasteiger partial charge in [-0.05, 0) is 31.0 Å². The van der Waals surface area contributed by atoms with Crippen LogP contribution in [0.2, 0.25) is 0 Å². The SMILES string of the molecule is NCC1(NC(=O)c2ccc(O)c(O)c2)CCCC1. The smallest absolute Gasteiger partial charge is 0.251 e. The molecule has 18 heavy (non-hydrogen) atoms. The summed E-state index contributed by atoms with van der Waals surface area (Å²) in [5.74, 6) is -0.797. The Labute approximate surface area is 106 Å². The number of amides is 1. The maximum atomic E-state index is 12.1. The second-order valence-electron chi connectivity index (χ2n) is 4.85. The fraction of sp³-hybridized carbons (Fsp3) is 0.462. The zero-order chi connectivity index (χ0) is 13.2. The van der Waals surface area contributed by atoms with Gasteiger partial charge in [0.2, 0.25) is 0 Å². The van der Waals surface area contributed by atoms with Gasteiger partial charge in [-0.1, -0.05) is 12.8 Å². The van der Waals surface area contributed by atoms with E-state index in [2.05, 4.69) is 5.32 Å². The number of hydrogen-bond donors (Lipinski definition) is 4. The first-order chi connectivity index (χ1) is 8.56. The van der Waals surface area contributed by atoms with Crippen LogP contribution in [0.25, 0.3) is 0 Å². The summed E-state index contributed by atoms with van der Waals surface area (Å²) in [6, 6.07) is 4.03. The zero-order valence-electron chi connectivity index (χ0n) is 10.1. The van der Waals surface area contributed by atoms with E-state index >= 15 is 0 Å². The van der Waals surface area contributed by atoms with E-state index in [0.29, 0.717) is 12.1 Å². The Bertz CT molecular complexity index is 454. The first kappa shape index (κ1) is 12.7. The highest BCUT2D eigenvalue weighted by atomic mass is 16.3. The van der Waals surface area contributed by atoms with Crippen LogP contribution in [0.3, 0.4) is 0 Å². The molecule has 5 heteroatoms. The minimum Gasteiger partial charge on any atom is -0.504 e. The summed E-state index contributed by atoms with van der Waals surface area (Å²) in [5, 5.41) is 21.5. The molecule has 5 N–H and O–H groups in total. The summed E-state index contributed by atoms with van der Waals surface area (Å²) in [4.78, 5) is 12.1. The lowest BCUT2D eigenvalue weighted by Gasteiger charge is -2.28. The fourth-order valence-electron chi connectivity index (χ4n) is 2.41. The number of phenolic OH excluding ortho intramolecular Hbond substituents is 2. The molecule has 0 spiro atoms. The van der Waals surface area contributed by atoms with Gasteiger partial charge in [-0.25, -0.2) is 0 Å². The number of hydrogen-bond acceptors (Lipinski definition) is 4. The third-order valence-electron chi connectivity index (χ3n) is 3.57. The van der Waals surface area contributed by atoms with Crippen LogP contribution in [0.15, 0.2) is 18.2 Å². The van der Waals surface area contributed by atoms with Crippen molar-refractivity contribution in [3.05, 3.63) is 23.8 Å². The second kappa shape index (κ2) is 4.86. The van der Waals surface area contributed by atoms with Crippen LogP contribution < -0.4 is 11.1 Å². The molecule has 1 aromatic rings. The average molecular weight is 250 g/mol. The quantitative estimate of drug-likeness (QED) is 0.604. The molecule has 0 aliphatic heterocycles. The van der Waals surface area contributed by atoms with E-state index in [0.717, 1.165) is 25.7 Å². The topological polar surface area (TPSA) is 95.6 Å². The molecule has 98 valence electrons. The van der Waals surface area contributed by atoms with Crippen LogP contribution in [-0.4, -0.2) is 28.2 Å². The maximum Gasteiger partial charge on any atom is 0.251 e. The van der Waals surface area contributed by atoms with Gasteiger partial charge in [0.1, 0.15) is 0 Å². The van der Waals surface area contributed by atoms with Gasteiger partial charge in [0.25, 0.3) is 5.91 Å². The molecule has 0 saturated heterocycles. The molecule has 1 saturated carbocycles. The van der Waals surface area contributed by atoms with Crippen LogP contribution >= 0.6 is 0 Å². The highest BCUT2D eigenvalue weighted by Crippen LogP contribution is 2.30. The summed E-state index contributed by atoms with van der Waals surface area (Å²) >= 11 is 0. The molecule has 0 bridgehead atoms. The largest absolute Gasteiger partial charge is 0.504 e. The van der Waals surface area contributed by atoms with Crippen molar-refractivity contribution >= 4 is 5.91 Å². The number of nitrogens with one attached hydrogen (secondary N) is 1. The molecule has 0 unspecified atom stereocenters. The van der Waals surface area contributed by atoms with Crippen LogP contribution in [0, 0.1) is 0 Å². The van der Waals surface area contributed by atoms with Gasteiger partial charge in [0.05, 0.1) is 5.54 Å². The lowest BCUT2D eigenvalue weighted by molar-refractivity contribution is 0.0902. The van der Waals surface area contributed by atoms with E-state index in [-0.39, 0.29) is 22.9 Å². The molecule has 0 heterocycles. The first-order valence-corrected chi connectivity index (χ1v) is 6.11. The van der Waals surface area contributed by atoms with E-state index in [1.54, 1.807) is 0 Å². The van der Waals surface area contributed by atoms with Crippen molar-refractivity contribution < 1.29 is 15.0 Å². The van der Waals surface area contributed by atoms with Gasteiger partial charge < -0.3 is 21.3 Å². The van der Waals surface area contributed by atoms with Crippen molar-refractivity contribution in [2.24, 2.45) is 5.73 Å². The molecular formula is C13H18N2O3. The lowest BCUT2D eigenvalue weighted by atomic mass is 9.97. The molecule has 2 rings (SSSR count). The summed E-state index contributed by atoms with van der Waals surface area (Å²) in [6.45, 7) is 0.419. The minimum atomic E-state index is -0.315. The molecule has 0 atom stereocenters. The summed E-state index contributed by atoms with van der Waals surface area (Å²) < 4.78 is 0. The predicted molar refractivity (Wildman–Crippen MR) is 67.5 cm³/mol. The Morgan fingerprint density at radius 1 is 1.28 bits per heavy atom. The lowest BCUT2D eigenvalue weighted by Crippen LogP contribution is -2.51. The molecule has 1 amide bonds. The first-order valence-electron chi connectivity index (χ1n) is 6.11. The van der Waals surface area contributed by atoms with Crippen molar-refractivity contribution in [1.29, 1.82) is 0 Å². The van der Waals surface area contributed by atoms with Crippen LogP contribution in [0.5, 0.6) is 11.5 Å². The Morgan fingerprint density at radius 3 is 2.50 bits per heavy atom. The summed E-state index contributed by atoms with van der Waals surface area (Å²) in [6.07, 6.45) is 3.91. The van der Waals surface area contributed by atoms with Crippen LogP contribution in [0.1, 0.15) is 36.0 Å².